The lowest BCUT2D eigenvalue weighted by molar-refractivity contribution is 0.211. The molecule has 202 valence electrons. The van der Waals surface area contributed by atoms with Gasteiger partial charge in [0.25, 0.3) is 0 Å². The fourth-order valence-corrected chi connectivity index (χ4v) is 5.95. The Bertz CT molecular complexity index is 1350. The van der Waals surface area contributed by atoms with Gasteiger partial charge in [-0.05, 0) is 64.4 Å². The molecule has 39 heavy (non-hydrogen) atoms. The molecule has 6 rings (SSSR count). The molecule has 0 amide bonds. The lowest BCUT2D eigenvalue weighted by Gasteiger charge is -2.32. The van der Waals surface area contributed by atoms with Crippen molar-refractivity contribution in [3.63, 3.8) is 0 Å². The van der Waals surface area contributed by atoms with E-state index in [9.17, 15) is 0 Å². The van der Waals surface area contributed by atoms with Crippen LogP contribution in [0.2, 0.25) is 0 Å². The number of piperidine rings is 2. The van der Waals surface area contributed by atoms with E-state index in [1.54, 1.807) is 0 Å². The van der Waals surface area contributed by atoms with Crippen molar-refractivity contribution in [1.82, 2.24) is 30.0 Å². The van der Waals surface area contributed by atoms with Gasteiger partial charge in [0.15, 0.2) is 0 Å². The minimum Gasteiger partial charge on any atom is -0.351 e. The van der Waals surface area contributed by atoms with Crippen molar-refractivity contribution < 1.29 is 0 Å². The van der Waals surface area contributed by atoms with Gasteiger partial charge in [-0.1, -0.05) is 60.2 Å². The van der Waals surface area contributed by atoms with Gasteiger partial charge < -0.3 is 10.2 Å². The van der Waals surface area contributed by atoms with Crippen LogP contribution >= 0.6 is 0 Å². The van der Waals surface area contributed by atoms with Gasteiger partial charge in [-0.15, -0.1) is 0 Å². The number of anilines is 1. The van der Waals surface area contributed by atoms with Crippen LogP contribution < -0.4 is 5.32 Å². The smallest absolute Gasteiger partial charge is 0.223 e. The Hall–Kier alpha value is -3.55. The molecular weight excluding hydrogens is 482 g/mol. The van der Waals surface area contributed by atoms with Crippen LogP contribution in [0.15, 0.2) is 66.9 Å². The van der Waals surface area contributed by atoms with Gasteiger partial charge in [0.1, 0.15) is 5.69 Å². The molecule has 0 spiro atoms. The van der Waals surface area contributed by atoms with Gasteiger partial charge in [0, 0.05) is 54.6 Å². The minimum atomic E-state index is 0.376. The van der Waals surface area contributed by atoms with Crippen LogP contribution in [-0.4, -0.2) is 69.2 Å². The van der Waals surface area contributed by atoms with Crippen LogP contribution in [-0.2, 0) is 6.54 Å². The molecule has 0 radical (unpaired) electrons. The zero-order valence-corrected chi connectivity index (χ0v) is 23.1. The van der Waals surface area contributed by atoms with Gasteiger partial charge in [0.2, 0.25) is 5.95 Å². The molecule has 2 saturated heterocycles. The van der Waals surface area contributed by atoms with Crippen LogP contribution in [0.25, 0.3) is 22.5 Å². The predicted molar refractivity (Wildman–Crippen MR) is 158 cm³/mol. The standard InChI is InChI=1S/C32H39N7/c1-23-8-10-25(11-9-23)30-29(31(37-36-30)26-13-18-38(2)19-14-26)28-12-17-33-32(35-28)34-27-15-20-39(21-16-27)22-24-6-4-3-5-7-24/h3-12,17,26-27H,13-16,18-22H2,1-2H3,(H,36,37)(H,33,34,35). The molecule has 2 fully saturated rings. The number of H-pyrrole nitrogens is 1. The summed E-state index contributed by atoms with van der Waals surface area (Å²) in [4.78, 5) is 14.6. The van der Waals surface area contributed by atoms with Crippen molar-refractivity contribution in [2.45, 2.75) is 51.1 Å². The van der Waals surface area contributed by atoms with E-state index >= 15 is 0 Å². The molecule has 0 saturated carbocycles. The fourth-order valence-electron chi connectivity index (χ4n) is 5.95. The van der Waals surface area contributed by atoms with E-state index in [0.29, 0.717) is 17.9 Å². The van der Waals surface area contributed by atoms with Crippen LogP contribution in [0, 0.1) is 6.92 Å². The summed E-state index contributed by atoms with van der Waals surface area (Å²) in [5.41, 5.74) is 7.98. The molecule has 0 unspecified atom stereocenters. The number of benzene rings is 2. The molecule has 2 aromatic heterocycles. The summed E-state index contributed by atoms with van der Waals surface area (Å²) in [6, 6.07) is 21.8. The summed E-state index contributed by atoms with van der Waals surface area (Å²) in [7, 11) is 2.20. The number of aromatic nitrogens is 4. The molecule has 0 atom stereocenters. The molecule has 4 heterocycles. The van der Waals surface area contributed by atoms with Crippen LogP contribution in [0.4, 0.5) is 5.95 Å². The number of hydrogen-bond acceptors (Lipinski definition) is 6. The molecule has 0 aliphatic carbocycles. The lowest BCUT2D eigenvalue weighted by atomic mass is 9.89. The van der Waals surface area contributed by atoms with Crippen molar-refractivity contribution in [2.75, 3.05) is 38.5 Å². The van der Waals surface area contributed by atoms with Gasteiger partial charge >= 0.3 is 0 Å². The quantitative estimate of drug-likeness (QED) is 0.324. The van der Waals surface area contributed by atoms with Crippen molar-refractivity contribution in [3.8, 4) is 22.5 Å². The Morgan fingerprint density at radius 1 is 0.897 bits per heavy atom. The average molecular weight is 522 g/mol. The highest BCUT2D eigenvalue weighted by Crippen LogP contribution is 2.39. The summed E-state index contributed by atoms with van der Waals surface area (Å²) in [5, 5.41) is 11.9. The molecule has 2 aliphatic heterocycles. The van der Waals surface area contributed by atoms with E-state index in [1.807, 2.05) is 12.3 Å². The molecular formula is C32H39N7. The number of aromatic amines is 1. The minimum absolute atomic E-state index is 0.376. The number of nitrogens with zero attached hydrogens (tertiary/aromatic N) is 5. The SMILES string of the molecule is Cc1ccc(-c2n[nH]c(C3CCN(C)CC3)c2-c2ccnc(NC3CCN(Cc4ccccc4)CC3)n2)cc1. The first-order valence-electron chi connectivity index (χ1n) is 14.3. The van der Waals surface area contributed by atoms with Crippen molar-refractivity contribution >= 4 is 5.95 Å². The molecule has 2 aliphatic rings. The maximum atomic E-state index is 5.06. The first-order chi connectivity index (χ1) is 19.1. The number of aryl methyl sites for hydroxylation is 1. The maximum absolute atomic E-state index is 5.06. The van der Waals surface area contributed by atoms with E-state index in [4.69, 9.17) is 10.1 Å². The maximum Gasteiger partial charge on any atom is 0.223 e. The lowest BCUT2D eigenvalue weighted by Crippen LogP contribution is -2.38. The first kappa shape index (κ1) is 25.7. The second kappa shape index (κ2) is 11.7. The van der Waals surface area contributed by atoms with Crippen LogP contribution in [0.5, 0.6) is 0 Å². The molecule has 2 N–H and O–H groups in total. The van der Waals surface area contributed by atoms with Gasteiger partial charge in [-0.25, -0.2) is 9.97 Å². The second-order valence-corrected chi connectivity index (χ2v) is 11.3. The monoisotopic (exact) mass is 521 g/mol. The topological polar surface area (TPSA) is 73.0 Å². The van der Waals surface area contributed by atoms with E-state index in [1.165, 1.54) is 16.8 Å². The summed E-state index contributed by atoms with van der Waals surface area (Å²) < 4.78 is 0. The third-order valence-corrected chi connectivity index (χ3v) is 8.33. The number of hydrogen-bond donors (Lipinski definition) is 2. The Kier molecular flexibility index (Phi) is 7.70. The zero-order valence-electron chi connectivity index (χ0n) is 23.1. The summed E-state index contributed by atoms with van der Waals surface area (Å²) in [6.07, 6.45) is 6.30. The largest absolute Gasteiger partial charge is 0.351 e. The van der Waals surface area contributed by atoms with Crippen LogP contribution in [0.3, 0.4) is 0 Å². The van der Waals surface area contributed by atoms with E-state index < -0.39 is 0 Å². The van der Waals surface area contributed by atoms with E-state index in [0.717, 1.165) is 80.9 Å². The van der Waals surface area contributed by atoms with E-state index in [-0.39, 0.29) is 0 Å². The third kappa shape index (κ3) is 6.05. The summed E-state index contributed by atoms with van der Waals surface area (Å²) in [5.74, 6) is 1.16. The summed E-state index contributed by atoms with van der Waals surface area (Å²) >= 11 is 0. The predicted octanol–water partition coefficient (Wildman–Crippen LogP) is 5.73. The highest BCUT2D eigenvalue weighted by molar-refractivity contribution is 5.81. The van der Waals surface area contributed by atoms with Crippen LogP contribution in [0.1, 0.15) is 48.4 Å². The van der Waals surface area contributed by atoms with Gasteiger partial charge in [-0.3, -0.25) is 10.00 Å². The van der Waals surface area contributed by atoms with Crippen molar-refractivity contribution in [3.05, 3.63) is 83.7 Å². The zero-order chi connectivity index (χ0) is 26.6. The van der Waals surface area contributed by atoms with E-state index in [2.05, 4.69) is 93.8 Å². The molecule has 4 aromatic rings. The number of nitrogens with one attached hydrogen (secondary N) is 2. The van der Waals surface area contributed by atoms with Crippen molar-refractivity contribution in [1.29, 1.82) is 0 Å². The molecule has 2 aromatic carbocycles. The van der Waals surface area contributed by atoms with Gasteiger partial charge in [-0.2, -0.15) is 5.10 Å². The van der Waals surface area contributed by atoms with Gasteiger partial charge in [0.05, 0.1) is 5.69 Å². The average Bonchev–Trinajstić information content (AvgIpc) is 3.41. The molecule has 0 bridgehead atoms. The number of rotatable bonds is 7. The highest BCUT2D eigenvalue weighted by atomic mass is 15.2. The molecule has 7 heteroatoms. The Morgan fingerprint density at radius 3 is 2.38 bits per heavy atom. The third-order valence-electron chi connectivity index (χ3n) is 8.33. The second-order valence-electron chi connectivity index (χ2n) is 11.3. The molecule has 7 nitrogen and oxygen atoms in total. The number of likely N-dealkylation sites (tertiary alicyclic amines) is 2. The normalized spacial score (nSPS) is 17.9. The fraction of sp³-hybridized carbons (Fsp3) is 0.406. The highest BCUT2D eigenvalue weighted by Gasteiger charge is 2.27. The Morgan fingerprint density at radius 2 is 1.64 bits per heavy atom. The first-order valence-corrected chi connectivity index (χ1v) is 14.3. The van der Waals surface area contributed by atoms with Crippen molar-refractivity contribution in [2.24, 2.45) is 0 Å². The summed E-state index contributed by atoms with van der Waals surface area (Å²) in [6.45, 7) is 7.48. The Balaban J connectivity index is 1.21. The Labute approximate surface area is 231 Å².